The fourth-order valence-corrected chi connectivity index (χ4v) is 6.04. The number of aryl methyl sites for hydroxylation is 4. The van der Waals surface area contributed by atoms with Gasteiger partial charge in [-0.15, -0.1) is 0 Å². The molecule has 2 atom stereocenters. The van der Waals surface area contributed by atoms with Crippen LogP contribution in [0.2, 0.25) is 0 Å². The summed E-state index contributed by atoms with van der Waals surface area (Å²) in [5.41, 5.74) is 10.1. The largest absolute Gasteiger partial charge is 0.356 e. The highest BCUT2D eigenvalue weighted by molar-refractivity contribution is 5.81. The Balaban J connectivity index is 1.74. The van der Waals surface area contributed by atoms with Crippen LogP contribution < -0.4 is 5.32 Å². The fourth-order valence-electron chi connectivity index (χ4n) is 6.04. The van der Waals surface area contributed by atoms with Gasteiger partial charge in [-0.2, -0.15) is 0 Å². The summed E-state index contributed by atoms with van der Waals surface area (Å²) < 4.78 is 0. The Bertz CT molecular complexity index is 1180. The summed E-state index contributed by atoms with van der Waals surface area (Å²) in [5, 5.41) is 3.20. The molecule has 1 saturated heterocycles. The van der Waals surface area contributed by atoms with Gasteiger partial charge in [0.25, 0.3) is 0 Å². The Morgan fingerprint density at radius 2 is 1.59 bits per heavy atom. The zero-order chi connectivity index (χ0) is 26.4. The average Bonchev–Trinajstić information content (AvgIpc) is 3.34. The second-order valence-electron chi connectivity index (χ2n) is 10.4. The molecule has 4 heteroatoms. The van der Waals surface area contributed by atoms with E-state index in [-0.39, 0.29) is 17.7 Å². The molecular formula is C33H43N3O. The van der Waals surface area contributed by atoms with Gasteiger partial charge in [0.05, 0.1) is 11.6 Å². The van der Waals surface area contributed by atoms with Gasteiger partial charge in [0.2, 0.25) is 5.91 Å². The maximum Gasteiger partial charge on any atom is 0.225 e. The fraction of sp³-hybridized carbons (Fsp3) is 0.455. The number of rotatable bonds is 10. The number of carbonyl (C=O) groups excluding carboxylic acids is 1. The van der Waals surface area contributed by atoms with Crippen molar-refractivity contribution in [1.82, 2.24) is 15.2 Å². The summed E-state index contributed by atoms with van der Waals surface area (Å²) in [6.07, 6.45) is 3.86. The van der Waals surface area contributed by atoms with Gasteiger partial charge in [-0.05, 0) is 66.5 Å². The second-order valence-corrected chi connectivity index (χ2v) is 10.4. The van der Waals surface area contributed by atoms with Crippen molar-refractivity contribution in [2.45, 2.75) is 72.8 Å². The molecule has 1 fully saturated rings. The molecule has 1 N–H and O–H groups in total. The highest BCUT2D eigenvalue weighted by Crippen LogP contribution is 2.39. The quantitative estimate of drug-likeness (QED) is 0.348. The van der Waals surface area contributed by atoms with Crippen LogP contribution in [0.4, 0.5) is 0 Å². The highest BCUT2D eigenvalue weighted by Gasteiger charge is 2.40. The number of nitrogens with zero attached hydrogens (tertiary/aromatic N) is 2. The number of aromatic nitrogens is 1. The first-order chi connectivity index (χ1) is 18.0. The summed E-state index contributed by atoms with van der Waals surface area (Å²) in [5.74, 6) is 0.253. The lowest BCUT2D eigenvalue weighted by atomic mass is 9.83. The van der Waals surface area contributed by atoms with Gasteiger partial charge in [0.1, 0.15) is 0 Å². The monoisotopic (exact) mass is 497 g/mol. The normalized spacial score (nSPS) is 17.8. The summed E-state index contributed by atoms with van der Waals surface area (Å²) in [7, 11) is 0. The van der Waals surface area contributed by atoms with E-state index < -0.39 is 0 Å². The molecule has 0 aliphatic carbocycles. The molecule has 4 rings (SSSR count). The molecular weight excluding hydrogens is 454 g/mol. The average molecular weight is 498 g/mol. The second kappa shape index (κ2) is 12.5. The Labute approximate surface area is 223 Å². The first kappa shape index (κ1) is 27.1. The van der Waals surface area contributed by atoms with E-state index in [9.17, 15) is 4.79 Å². The van der Waals surface area contributed by atoms with Crippen molar-refractivity contribution in [2.75, 3.05) is 19.6 Å². The molecule has 1 aliphatic rings. The Morgan fingerprint density at radius 1 is 0.919 bits per heavy atom. The number of hydrogen-bond acceptors (Lipinski definition) is 3. The van der Waals surface area contributed by atoms with Crippen LogP contribution >= 0.6 is 0 Å². The molecule has 2 unspecified atom stereocenters. The predicted octanol–water partition coefficient (Wildman–Crippen LogP) is 6.49. The standard InChI is InChI=1S/C33H43N3O/c1-6-18-34-33(37)29-22-36(20-24-14-11-10-12-15-24)21-28(29)31-23(5)35-30(19-27(31)9-4)32-25(7-2)16-13-17-26(32)8-3/h10-17,19,28-29H,6-9,18,20-22H2,1-5H3,(H,34,37). The van der Waals surface area contributed by atoms with Crippen LogP contribution in [0.3, 0.4) is 0 Å². The molecule has 4 nitrogen and oxygen atoms in total. The molecule has 3 aromatic rings. The summed E-state index contributed by atoms with van der Waals surface area (Å²) in [6, 6.07) is 19.5. The highest BCUT2D eigenvalue weighted by atomic mass is 16.1. The minimum atomic E-state index is -0.0685. The maximum atomic E-state index is 13.4. The van der Waals surface area contributed by atoms with Gasteiger partial charge in [0.15, 0.2) is 0 Å². The van der Waals surface area contributed by atoms with Crippen LogP contribution in [0.15, 0.2) is 54.6 Å². The minimum Gasteiger partial charge on any atom is -0.356 e. The first-order valence-electron chi connectivity index (χ1n) is 14.2. The number of benzene rings is 2. The van der Waals surface area contributed by atoms with Crippen molar-refractivity contribution in [3.63, 3.8) is 0 Å². The first-order valence-corrected chi connectivity index (χ1v) is 14.2. The third-order valence-corrected chi connectivity index (χ3v) is 7.87. The Kier molecular flexibility index (Phi) is 9.15. The number of nitrogens with one attached hydrogen (secondary N) is 1. The van der Waals surface area contributed by atoms with Crippen molar-refractivity contribution in [1.29, 1.82) is 0 Å². The zero-order valence-electron chi connectivity index (χ0n) is 23.3. The third kappa shape index (κ3) is 5.96. The van der Waals surface area contributed by atoms with Crippen LogP contribution in [-0.4, -0.2) is 35.4 Å². The molecule has 37 heavy (non-hydrogen) atoms. The molecule has 0 bridgehead atoms. The van der Waals surface area contributed by atoms with Crippen molar-refractivity contribution >= 4 is 5.91 Å². The smallest absolute Gasteiger partial charge is 0.225 e. The summed E-state index contributed by atoms with van der Waals surface area (Å²) >= 11 is 0. The number of pyridine rings is 1. The van der Waals surface area contributed by atoms with Crippen molar-refractivity contribution in [3.8, 4) is 11.3 Å². The van der Waals surface area contributed by atoms with Crippen molar-refractivity contribution in [2.24, 2.45) is 5.92 Å². The van der Waals surface area contributed by atoms with Crippen LogP contribution in [0.5, 0.6) is 0 Å². The van der Waals surface area contributed by atoms with E-state index in [0.717, 1.165) is 63.3 Å². The molecule has 1 amide bonds. The lowest BCUT2D eigenvalue weighted by molar-refractivity contribution is -0.125. The van der Waals surface area contributed by atoms with Gasteiger partial charge in [0, 0.05) is 43.4 Å². The van der Waals surface area contributed by atoms with E-state index in [0.29, 0.717) is 0 Å². The molecule has 1 aliphatic heterocycles. The van der Waals surface area contributed by atoms with Gasteiger partial charge >= 0.3 is 0 Å². The van der Waals surface area contributed by atoms with E-state index in [1.165, 1.54) is 33.4 Å². The Morgan fingerprint density at radius 3 is 2.22 bits per heavy atom. The van der Waals surface area contributed by atoms with Crippen LogP contribution in [0, 0.1) is 12.8 Å². The molecule has 0 spiro atoms. The Hall–Kier alpha value is -2.98. The lowest BCUT2D eigenvalue weighted by Crippen LogP contribution is -2.35. The van der Waals surface area contributed by atoms with E-state index in [2.05, 4.69) is 99.4 Å². The van der Waals surface area contributed by atoms with Gasteiger partial charge in [-0.3, -0.25) is 14.7 Å². The molecule has 2 aromatic carbocycles. The molecule has 0 saturated carbocycles. The van der Waals surface area contributed by atoms with Crippen LogP contribution in [-0.2, 0) is 30.6 Å². The number of hydrogen-bond donors (Lipinski definition) is 1. The third-order valence-electron chi connectivity index (χ3n) is 7.87. The molecule has 0 radical (unpaired) electrons. The van der Waals surface area contributed by atoms with Crippen molar-refractivity contribution < 1.29 is 4.79 Å². The number of likely N-dealkylation sites (tertiary alicyclic amines) is 1. The van der Waals surface area contributed by atoms with Crippen LogP contribution in [0.1, 0.15) is 73.5 Å². The van der Waals surface area contributed by atoms with Crippen molar-refractivity contribution in [3.05, 3.63) is 88.1 Å². The van der Waals surface area contributed by atoms with E-state index in [4.69, 9.17) is 4.98 Å². The van der Waals surface area contributed by atoms with Gasteiger partial charge in [-0.25, -0.2) is 0 Å². The topological polar surface area (TPSA) is 45.2 Å². The van der Waals surface area contributed by atoms with E-state index in [1.54, 1.807) is 0 Å². The summed E-state index contributed by atoms with van der Waals surface area (Å²) in [6.45, 7) is 14.2. The van der Waals surface area contributed by atoms with E-state index >= 15 is 0 Å². The molecule has 1 aromatic heterocycles. The zero-order valence-corrected chi connectivity index (χ0v) is 23.3. The van der Waals surface area contributed by atoms with Gasteiger partial charge < -0.3 is 5.32 Å². The van der Waals surface area contributed by atoms with Gasteiger partial charge in [-0.1, -0.05) is 76.2 Å². The molecule has 196 valence electrons. The minimum absolute atomic E-state index is 0.0685. The molecule has 2 heterocycles. The predicted molar refractivity (Wildman–Crippen MR) is 154 cm³/mol. The summed E-state index contributed by atoms with van der Waals surface area (Å²) in [4.78, 5) is 21.1. The van der Waals surface area contributed by atoms with Crippen LogP contribution in [0.25, 0.3) is 11.3 Å². The SMILES string of the molecule is CCCNC(=O)C1CN(Cc2ccccc2)CC1c1c(CC)cc(-c2c(CC)cccc2CC)nc1C. The van der Waals surface area contributed by atoms with E-state index in [1.807, 2.05) is 0 Å². The number of carbonyl (C=O) groups is 1. The number of amides is 1. The lowest BCUT2D eigenvalue weighted by Gasteiger charge is -2.24. The maximum absolute atomic E-state index is 13.4.